The van der Waals surface area contributed by atoms with Crippen molar-refractivity contribution in [2.24, 2.45) is 5.73 Å². The van der Waals surface area contributed by atoms with E-state index in [1.165, 1.54) is 12.1 Å². The topological polar surface area (TPSA) is 102 Å². The summed E-state index contributed by atoms with van der Waals surface area (Å²) >= 11 is 0. The van der Waals surface area contributed by atoms with Gasteiger partial charge in [0.25, 0.3) is 0 Å². The van der Waals surface area contributed by atoms with Gasteiger partial charge in [0.1, 0.15) is 5.75 Å². The molecule has 1 aromatic rings. The lowest BCUT2D eigenvalue weighted by Gasteiger charge is -2.38. The zero-order chi connectivity index (χ0) is 19.2. The molecule has 0 saturated carbocycles. The first-order valence-corrected chi connectivity index (χ1v) is 10.6. The number of ether oxygens (including phenoxy) is 1. The third-order valence-corrected chi connectivity index (χ3v) is 6.03. The Morgan fingerprint density at radius 2 is 2.04 bits per heavy atom. The van der Waals surface area contributed by atoms with Crippen LogP contribution < -0.4 is 15.2 Å². The van der Waals surface area contributed by atoms with Crippen LogP contribution in [0.5, 0.6) is 5.75 Å². The number of hydrogen-bond donors (Lipinski definition) is 2. The van der Waals surface area contributed by atoms with Crippen LogP contribution in [0.25, 0.3) is 0 Å². The van der Waals surface area contributed by atoms with Gasteiger partial charge >= 0.3 is 0 Å². The van der Waals surface area contributed by atoms with Gasteiger partial charge in [-0.05, 0) is 57.4 Å². The van der Waals surface area contributed by atoms with E-state index in [0.29, 0.717) is 18.9 Å². The van der Waals surface area contributed by atoms with Gasteiger partial charge in [-0.25, -0.2) is 13.1 Å². The molecule has 26 heavy (non-hydrogen) atoms. The molecule has 7 nitrogen and oxygen atoms in total. The standard InChI is InChI=1S/C18H29N3O4S/c1-3-25-15-7-9-16(10-8-15)26(23,24)20-12-11-18(22)21-13-5-4-6-17(21)14(2)19/h7-10,14,17,20H,3-6,11-13,19H2,1-2H3. The Labute approximate surface area is 155 Å². The summed E-state index contributed by atoms with van der Waals surface area (Å²) in [5.74, 6) is 0.565. The molecule has 2 atom stereocenters. The van der Waals surface area contributed by atoms with Crippen LogP contribution in [0.1, 0.15) is 39.5 Å². The van der Waals surface area contributed by atoms with Gasteiger partial charge in [-0.1, -0.05) is 0 Å². The second kappa shape index (κ2) is 9.34. The molecule has 1 heterocycles. The smallest absolute Gasteiger partial charge is 0.240 e. The third kappa shape index (κ3) is 5.43. The Hall–Kier alpha value is -1.64. The predicted molar refractivity (Wildman–Crippen MR) is 100 cm³/mol. The number of nitrogens with two attached hydrogens (primary N) is 1. The number of likely N-dealkylation sites (tertiary alicyclic amines) is 1. The Kier molecular flexibility index (Phi) is 7.43. The molecule has 0 aromatic heterocycles. The Morgan fingerprint density at radius 3 is 2.65 bits per heavy atom. The van der Waals surface area contributed by atoms with Crippen LogP contribution in [0, 0.1) is 0 Å². The van der Waals surface area contributed by atoms with Crippen molar-refractivity contribution in [1.82, 2.24) is 9.62 Å². The van der Waals surface area contributed by atoms with Gasteiger partial charge in [0, 0.05) is 31.6 Å². The van der Waals surface area contributed by atoms with E-state index in [0.717, 1.165) is 19.3 Å². The Balaban J connectivity index is 1.90. The number of carbonyl (C=O) groups is 1. The van der Waals surface area contributed by atoms with E-state index in [1.54, 1.807) is 17.0 Å². The second-order valence-electron chi connectivity index (χ2n) is 6.56. The summed E-state index contributed by atoms with van der Waals surface area (Å²) in [6.45, 7) is 5.05. The van der Waals surface area contributed by atoms with E-state index in [1.807, 2.05) is 13.8 Å². The molecule has 1 aliphatic rings. The molecule has 0 spiro atoms. The average Bonchev–Trinajstić information content (AvgIpc) is 2.62. The lowest BCUT2D eigenvalue weighted by atomic mass is 9.96. The van der Waals surface area contributed by atoms with E-state index in [4.69, 9.17) is 10.5 Å². The number of carbonyl (C=O) groups excluding carboxylic acids is 1. The Bertz CT molecular complexity index is 689. The first-order chi connectivity index (χ1) is 12.3. The fraction of sp³-hybridized carbons (Fsp3) is 0.611. The maximum Gasteiger partial charge on any atom is 0.240 e. The molecule has 8 heteroatoms. The molecular formula is C18H29N3O4S. The number of hydrogen-bond acceptors (Lipinski definition) is 5. The summed E-state index contributed by atoms with van der Waals surface area (Å²) in [7, 11) is -3.65. The van der Waals surface area contributed by atoms with E-state index in [9.17, 15) is 13.2 Å². The summed E-state index contributed by atoms with van der Waals surface area (Å²) in [4.78, 5) is 14.4. The fourth-order valence-electron chi connectivity index (χ4n) is 3.21. The van der Waals surface area contributed by atoms with Gasteiger partial charge in [0.2, 0.25) is 15.9 Å². The van der Waals surface area contributed by atoms with Crippen LogP contribution in [-0.4, -0.2) is 51.0 Å². The van der Waals surface area contributed by atoms with Gasteiger partial charge < -0.3 is 15.4 Å². The van der Waals surface area contributed by atoms with Crippen molar-refractivity contribution in [2.45, 2.75) is 56.5 Å². The van der Waals surface area contributed by atoms with E-state index >= 15 is 0 Å². The summed E-state index contributed by atoms with van der Waals surface area (Å²) < 4.78 is 32.5. The monoisotopic (exact) mass is 383 g/mol. The molecule has 2 rings (SSSR count). The van der Waals surface area contributed by atoms with Crippen LogP contribution in [0.3, 0.4) is 0 Å². The minimum absolute atomic E-state index is 0.0407. The first-order valence-electron chi connectivity index (χ1n) is 9.12. The van der Waals surface area contributed by atoms with Gasteiger partial charge in [-0.15, -0.1) is 0 Å². The summed E-state index contributed by atoms with van der Waals surface area (Å²) in [6.07, 6.45) is 3.06. The molecule has 1 fully saturated rings. The van der Waals surface area contributed by atoms with Crippen LogP contribution >= 0.6 is 0 Å². The highest BCUT2D eigenvalue weighted by Crippen LogP contribution is 2.20. The molecule has 0 aliphatic carbocycles. The molecule has 3 N–H and O–H groups in total. The van der Waals surface area contributed by atoms with E-state index < -0.39 is 10.0 Å². The largest absolute Gasteiger partial charge is 0.494 e. The molecule has 0 radical (unpaired) electrons. The first kappa shape index (κ1) is 20.7. The van der Waals surface area contributed by atoms with Crippen LogP contribution in [0.15, 0.2) is 29.2 Å². The van der Waals surface area contributed by atoms with Crippen LogP contribution in [-0.2, 0) is 14.8 Å². The summed E-state index contributed by atoms with van der Waals surface area (Å²) in [5, 5.41) is 0. The second-order valence-corrected chi connectivity index (χ2v) is 8.33. The minimum atomic E-state index is -3.65. The lowest BCUT2D eigenvalue weighted by Crippen LogP contribution is -2.52. The predicted octanol–water partition coefficient (Wildman–Crippen LogP) is 1.48. The van der Waals surface area contributed by atoms with Gasteiger partial charge in [0.05, 0.1) is 11.5 Å². The average molecular weight is 384 g/mol. The van der Waals surface area contributed by atoms with Crippen molar-refractivity contribution in [3.05, 3.63) is 24.3 Å². The molecule has 1 aromatic carbocycles. The quantitative estimate of drug-likeness (QED) is 0.708. The maximum absolute atomic E-state index is 12.5. The Morgan fingerprint density at radius 1 is 1.35 bits per heavy atom. The van der Waals surface area contributed by atoms with Crippen molar-refractivity contribution >= 4 is 15.9 Å². The molecule has 1 amide bonds. The highest BCUT2D eigenvalue weighted by Gasteiger charge is 2.29. The van der Waals surface area contributed by atoms with Crippen LogP contribution in [0.2, 0.25) is 0 Å². The molecule has 0 bridgehead atoms. The van der Waals surface area contributed by atoms with Crippen molar-refractivity contribution in [1.29, 1.82) is 0 Å². The van der Waals surface area contributed by atoms with Crippen molar-refractivity contribution in [3.63, 3.8) is 0 Å². The van der Waals surface area contributed by atoms with E-state index in [-0.39, 0.29) is 35.9 Å². The fourth-order valence-corrected chi connectivity index (χ4v) is 4.25. The van der Waals surface area contributed by atoms with Gasteiger partial charge in [0.15, 0.2) is 0 Å². The number of nitrogens with one attached hydrogen (secondary N) is 1. The number of nitrogens with zero attached hydrogens (tertiary/aromatic N) is 1. The number of rotatable bonds is 8. The summed E-state index contributed by atoms with van der Waals surface area (Å²) in [5.41, 5.74) is 5.99. The number of amides is 1. The SMILES string of the molecule is CCOc1ccc(S(=O)(=O)NCCC(=O)N2CCCCC2C(C)N)cc1. The third-order valence-electron chi connectivity index (χ3n) is 4.55. The molecular weight excluding hydrogens is 354 g/mol. The highest BCUT2D eigenvalue weighted by molar-refractivity contribution is 7.89. The number of sulfonamides is 1. The highest BCUT2D eigenvalue weighted by atomic mass is 32.2. The van der Waals surface area contributed by atoms with Crippen LogP contribution in [0.4, 0.5) is 0 Å². The number of benzene rings is 1. The normalized spacial score (nSPS) is 19.2. The van der Waals surface area contributed by atoms with Crippen molar-refractivity contribution < 1.29 is 17.9 Å². The maximum atomic E-state index is 12.5. The van der Waals surface area contributed by atoms with Gasteiger partial charge in [-0.3, -0.25) is 4.79 Å². The zero-order valence-electron chi connectivity index (χ0n) is 15.5. The summed E-state index contributed by atoms with van der Waals surface area (Å²) in [6, 6.07) is 6.17. The van der Waals surface area contributed by atoms with Gasteiger partial charge in [-0.2, -0.15) is 0 Å². The zero-order valence-corrected chi connectivity index (χ0v) is 16.3. The molecule has 146 valence electrons. The molecule has 2 unspecified atom stereocenters. The molecule has 1 saturated heterocycles. The van der Waals surface area contributed by atoms with Crippen molar-refractivity contribution in [2.75, 3.05) is 19.7 Å². The lowest BCUT2D eigenvalue weighted by molar-refractivity contribution is -0.135. The van der Waals surface area contributed by atoms with E-state index in [2.05, 4.69) is 4.72 Å². The molecule has 1 aliphatic heterocycles. The minimum Gasteiger partial charge on any atom is -0.494 e. The number of piperidine rings is 1. The van der Waals surface area contributed by atoms with Crippen molar-refractivity contribution in [3.8, 4) is 5.75 Å².